The standard InChI is InChI=1S/C14H19NO5/c1-18-8-7-15-13(16)10-20-14(17)12-5-3-11(4-6-12)9-19-2/h3-6H,7-10H2,1-2H3,(H,15,16). The van der Waals surface area contributed by atoms with Crippen molar-refractivity contribution in [2.24, 2.45) is 0 Å². The van der Waals surface area contributed by atoms with Gasteiger partial charge in [0, 0.05) is 20.8 Å². The first kappa shape index (κ1) is 16.1. The summed E-state index contributed by atoms with van der Waals surface area (Å²) in [6.07, 6.45) is 0. The number of esters is 1. The summed E-state index contributed by atoms with van der Waals surface area (Å²) in [5, 5.41) is 2.56. The van der Waals surface area contributed by atoms with E-state index in [-0.39, 0.29) is 12.5 Å². The molecule has 1 rings (SSSR count). The number of rotatable bonds is 8. The predicted molar refractivity (Wildman–Crippen MR) is 72.3 cm³/mol. The topological polar surface area (TPSA) is 73.9 Å². The molecule has 0 aromatic heterocycles. The van der Waals surface area contributed by atoms with Crippen LogP contribution in [0.5, 0.6) is 0 Å². The largest absolute Gasteiger partial charge is 0.452 e. The van der Waals surface area contributed by atoms with Crippen molar-refractivity contribution in [3.63, 3.8) is 0 Å². The summed E-state index contributed by atoms with van der Waals surface area (Å²) in [5.74, 6) is -0.887. The fourth-order valence-corrected chi connectivity index (χ4v) is 1.46. The third-order valence-corrected chi connectivity index (χ3v) is 2.46. The Balaban J connectivity index is 2.36. The predicted octanol–water partition coefficient (Wildman–Crippen LogP) is 0.752. The molecule has 0 radical (unpaired) electrons. The summed E-state index contributed by atoms with van der Waals surface area (Å²) >= 11 is 0. The third kappa shape index (κ3) is 5.81. The fraction of sp³-hybridized carbons (Fsp3) is 0.429. The van der Waals surface area contributed by atoms with Crippen LogP contribution in [0, 0.1) is 0 Å². The van der Waals surface area contributed by atoms with Crippen LogP contribution in [0.4, 0.5) is 0 Å². The van der Waals surface area contributed by atoms with E-state index in [9.17, 15) is 9.59 Å². The molecule has 110 valence electrons. The minimum Gasteiger partial charge on any atom is -0.452 e. The molecule has 1 aromatic carbocycles. The summed E-state index contributed by atoms with van der Waals surface area (Å²) in [6.45, 7) is 0.985. The third-order valence-electron chi connectivity index (χ3n) is 2.46. The summed E-state index contributed by atoms with van der Waals surface area (Å²) in [4.78, 5) is 23.0. The summed E-state index contributed by atoms with van der Waals surface area (Å²) in [5.41, 5.74) is 1.36. The summed E-state index contributed by atoms with van der Waals surface area (Å²) in [6, 6.07) is 6.83. The van der Waals surface area contributed by atoms with Crippen molar-refractivity contribution in [2.75, 3.05) is 34.0 Å². The molecule has 20 heavy (non-hydrogen) atoms. The minimum absolute atomic E-state index is 0.303. The summed E-state index contributed by atoms with van der Waals surface area (Å²) in [7, 11) is 3.14. The van der Waals surface area contributed by atoms with Gasteiger partial charge in [-0.25, -0.2) is 4.79 Å². The Morgan fingerprint density at radius 3 is 2.40 bits per heavy atom. The zero-order valence-electron chi connectivity index (χ0n) is 11.7. The van der Waals surface area contributed by atoms with E-state index in [1.54, 1.807) is 38.5 Å². The van der Waals surface area contributed by atoms with Crippen LogP contribution >= 0.6 is 0 Å². The highest BCUT2D eigenvalue weighted by Crippen LogP contribution is 2.06. The van der Waals surface area contributed by atoms with E-state index >= 15 is 0 Å². The van der Waals surface area contributed by atoms with Gasteiger partial charge >= 0.3 is 5.97 Å². The average Bonchev–Trinajstić information content (AvgIpc) is 2.46. The number of hydrogen-bond donors (Lipinski definition) is 1. The van der Waals surface area contributed by atoms with E-state index in [4.69, 9.17) is 14.2 Å². The molecule has 1 amide bonds. The average molecular weight is 281 g/mol. The normalized spacial score (nSPS) is 10.1. The highest BCUT2D eigenvalue weighted by atomic mass is 16.5. The lowest BCUT2D eigenvalue weighted by Crippen LogP contribution is -2.31. The lowest BCUT2D eigenvalue weighted by molar-refractivity contribution is -0.124. The van der Waals surface area contributed by atoms with Crippen LogP contribution in [0.1, 0.15) is 15.9 Å². The van der Waals surface area contributed by atoms with Gasteiger partial charge in [0.15, 0.2) is 6.61 Å². The van der Waals surface area contributed by atoms with Crippen LogP contribution in [0.25, 0.3) is 0 Å². The molecule has 0 fully saturated rings. The van der Waals surface area contributed by atoms with Gasteiger partial charge in [-0.05, 0) is 17.7 Å². The van der Waals surface area contributed by atoms with E-state index in [0.29, 0.717) is 25.3 Å². The van der Waals surface area contributed by atoms with Gasteiger partial charge < -0.3 is 19.5 Å². The number of nitrogens with one attached hydrogen (secondary N) is 1. The van der Waals surface area contributed by atoms with E-state index in [1.165, 1.54) is 0 Å². The highest BCUT2D eigenvalue weighted by Gasteiger charge is 2.09. The Kier molecular flexibility index (Phi) is 7.31. The maximum absolute atomic E-state index is 11.7. The lowest BCUT2D eigenvalue weighted by atomic mass is 10.1. The second-order valence-corrected chi connectivity index (χ2v) is 4.05. The fourth-order valence-electron chi connectivity index (χ4n) is 1.46. The maximum Gasteiger partial charge on any atom is 0.338 e. The Morgan fingerprint density at radius 2 is 1.80 bits per heavy atom. The number of hydrogen-bond acceptors (Lipinski definition) is 5. The van der Waals surface area contributed by atoms with E-state index in [0.717, 1.165) is 5.56 Å². The minimum atomic E-state index is -0.532. The van der Waals surface area contributed by atoms with Crippen molar-refractivity contribution in [2.45, 2.75) is 6.61 Å². The van der Waals surface area contributed by atoms with Gasteiger partial charge in [-0.3, -0.25) is 4.79 Å². The number of benzene rings is 1. The number of methoxy groups -OCH3 is 2. The van der Waals surface area contributed by atoms with Crippen LogP contribution in [0.15, 0.2) is 24.3 Å². The van der Waals surface area contributed by atoms with Crippen molar-refractivity contribution in [3.05, 3.63) is 35.4 Å². The molecule has 1 aromatic rings. The van der Waals surface area contributed by atoms with Gasteiger partial charge in [0.2, 0.25) is 0 Å². The zero-order chi connectivity index (χ0) is 14.8. The van der Waals surface area contributed by atoms with Gasteiger partial charge in [-0.1, -0.05) is 12.1 Å². The molecule has 0 aliphatic heterocycles. The number of carbonyl (C=O) groups is 2. The molecule has 6 heteroatoms. The van der Waals surface area contributed by atoms with Crippen molar-refractivity contribution in [1.29, 1.82) is 0 Å². The van der Waals surface area contributed by atoms with Crippen LogP contribution in [0.3, 0.4) is 0 Å². The first-order valence-corrected chi connectivity index (χ1v) is 6.18. The molecule has 0 bridgehead atoms. The van der Waals surface area contributed by atoms with Gasteiger partial charge in [-0.2, -0.15) is 0 Å². The van der Waals surface area contributed by atoms with Crippen molar-refractivity contribution in [1.82, 2.24) is 5.32 Å². The molecule has 6 nitrogen and oxygen atoms in total. The second-order valence-electron chi connectivity index (χ2n) is 4.05. The van der Waals surface area contributed by atoms with E-state index < -0.39 is 5.97 Å². The van der Waals surface area contributed by atoms with Crippen LogP contribution in [-0.2, 0) is 25.6 Å². The van der Waals surface area contributed by atoms with Gasteiger partial charge in [0.1, 0.15) is 0 Å². The quantitative estimate of drug-likeness (QED) is 0.562. The molecule has 1 N–H and O–H groups in total. The molecule has 0 saturated carbocycles. The molecule has 0 heterocycles. The smallest absolute Gasteiger partial charge is 0.338 e. The Labute approximate surface area is 118 Å². The molecule has 0 spiro atoms. The first-order chi connectivity index (χ1) is 9.67. The van der Waals surface area contributed by atoms with Gasteiger partial charge in [0.25, 0.3) is 5.91 Å². The van der Waals surface area contributed by atoms with Crippen molar-refractivity contribution in [3.8, 4) is 0 Å². The number of carbonyl (C=O) groups excluding carboxylic acids is 2. The van der Waals surface area contributed by atoms with Crippen molar-refractivity contribution >= 4 is 11.9 Å². The number of ether oxygens (including phenoxy) is 3. The maximum atomic E-state index is 11.7. The molecular weight excluding hydrogens is 262 g/mol. The molecular formula is C14H19NO5. The molecule has 0 aliphatic carbocycles. The lowest BCUT2D eigenvalue weighted by Gasteiger charge is -2.06. The second kappa shape index (κ2) is 9.06. The molecule has 0 saturated heterocycles. The number of amides is 1. The van der Waals surface area contributed by atoms with Crippen LogP contribution in [0.2, 0.25) is 0 Å². The zero-order valence-corrected chi connectivity index (χ0v) is 11.7. The van der Waals surface area contributed by atoms with Crippen LogP contribution < -0.4 is 5.32 Å². The Morgan fingerprint density at radius 1 is 1.10 bits per heavy atom. The van der Waals surface area contributed by atoms with Gasteiger partial charge in [0.05, 0.1) is 18.8 Å². The van der Waals surface area contributed by atoms with E-state index in [2.05, 4.69) is 5.32 Å². The van der Waals surface area contributed by atoms with Crippen molar-refractivity contribution < 1.29 is 23.8 Å². The summed E-state index contributed by atoms with van der Waals surface area (Å²) < 4.78 is 14.7. The molecule has 0 aliphatic rings. The highest BCUT2D eigenvalue weighted by molar-refractivity contribution is 5.91. The Hall–Kier alpha value is -1.92. The first-order valence-electron chi connectivity index (χ1n) is 6.18. The Bertz CT molecular complexity index is 430. The SMILES string of the molecule is COCCNC(=O)COC(=O)c1ccc(COC)cc1. The monoisotopic (exact) mass is 281 g/mol. The van der Waals surface area contributed by atoms with Gasteiger partial charge in [-0.15, -0.1) is 0 Å². The molecule has 0 atom stereocenters. The molecule has 0 unspecified atom stereocenters. The van der Waals surface area contributed by atoms with Crippen LogP contribution in [-0.4, -0.2) is 45.9 Å². The van der Waals surface area contributed by atoms with E-state index in [1.807, 2.05) is 0 Å².